The lowest BCUT2D eigenvalue weighted by Crippen LogP contribution is -2.47. The number of carbonyl (C=O) groups excluding carboxylic acids is 2. The second-order valence-electron chi connectivity index (χ2n) is 9.83. The maximum Gasteiger partial charge on any atom is 0.309 e. The minimum atomic E-state index is -0.853. The first kappa shape index (κ1) is 26.2. The molecule has 2 saturated carbocycles. The summed E-state index contributed by atoms with van der Waals surface area (Å²) >= 11 is 0. The predicted octanol–water partition coefficient (Wildman–Crippen LogP) is 4.48. The molecule has 7 nitrogen and oxygen atoms in total. The molecule has 0 spiro atoms. The van der Waals surface area contributed by atoms with Crippen LogP contribution in [0.2, 0.25) is 0 Å². The maximum atomic E-state index is 13.4. The van der Waals surface area contributed by atoms with Gasteiger partial charge in [-0.3, -0.25) is 14.4 Å². The van der Waals surface area contributed by atoms with Gasteiger partial charge in [0.15, 0.2) is 0 Å². The van der Waals surface area contributed by atoms with E-state index in [0.717, 1.165) is 44.1 Å². The molecule has 2 aliphatic rings. The molecule has 2 aliphatic carbocycles. The van der Waals surface area contributed by atoms with E-state index < -0.39 is 17.3 Å². The summed E-state index contributed by atoms with van der Waals surface area (Å²) in [6.07, 6.45) is 7.01. The number of carboxylic acids is 1. The van der Waals surface area contributed by atoms with Crippen molar-refractivity contribution in [2.45, 2.75) is 83.8 Å². The van der Waals surface area contributed by atoms with Crippen molar-refractivity contribution in [2.75, 3.05) is 13.2 Å². The molecule has 1 aromatic carbocycles. The molecule has 0 heterocycles. The van der Waals surface area contributed by atoms with Gasteiger partial charge in [-0.1, -0.05) is 43.2 Å². The second-order valence-corrected chi connectivity index (χ2v) is 9.83. The largest absolute Gasteiger partial charge is 0.481 e. The van der Waals surface area contributed by atoms with Crippen LogP contribution in [-0.4, -0.2) is 42.2 Å². The SMILES string of the molecule is CCOCCC(CC1(C(=O)N[C@H]2CC[C@@H](C(=O)OCc3ccccc3)CC2)CCCC1)C(=O)O. The summed E-state index contributed by atoms with van der Waals surface area (Å²) in [5.41, 5.74) is 0.361. The predicted molar refractivity (Wildman–Crippen MR) is 128 cm³/mol. The number of hydrogen-bond donors (Lipinski definition) is 2. The molecular weight excluding hydrogens is 434 g/mol. The van der Waals surface area contributed by atoms with Crippen LogP contribution in [-0.2, 0) is 30.5 Å². The van der Waals surface area contributed by atoms with E-state index in [1.807, 2.05) is 37.3 Å². The van der Waals surface area contributed by atoms with E-state index in [1.165, 1.54) is 0 Å². The lowest BCUT2D eigenvalue weighted by atomic mass is 9.75. The monoisotopic (exact) mass is 473 g/mol. The van der Waals surface area contributed by atoms with Gasteiger partial charge in [0.1, 0.15) is 6.61 Å². The molecule has 1 atom stereocenters. The van der Waals surface area contributed by atoms with Crippen LogP contribution in [0.4, 0.5) is 0 Å². The molecule has 0 radical (unpaired) electrons. The van der Waals surface area contributed by atoms with Crippen LogP contribution >= 0.6 is 0 Å². The maximum absolute atomic E-state index is 13.4. The quantitative estimate of drug-likeness (QED) is 0.343. The van der Waals surface area contributed by atoms with E-state index in [2.05, 4.69) is 5.32 Å². The fourth-order valence-corrected chi connectivity index (χ4v) is 5.39. The number of hydrogen-bond acceptors (Lipinski definition) is 5. The Labute approximate surface area is 202 Å². The first-order chi connectivity index (χ1) is 16.4. The summed E-state index contributed by atoms with van der Waals surface area (Å²) in [6, 6.07) is 9.67. The number of nitrogens with one attached hydrogen (secondary N) is 1. The molecule has 1 unspecified atom stereocenters. The lowest BCUT2D eigenvalue weighted by Gasteiger charge is -2.34. The second kappa shape index (κ2) is 12.9. The van der Waals surface area contributed by atoms with Crippen molar-refractivity contribution < 1.29 is 29.0 Å². The molecule has 7 heteroatoms. The van der Waals surface area contributed by atoms with Crippen LogP contribution < -0.4 is 5.32 Å². The third kappa shape index (κ3) is 7.29. The molecule has 3 rings (SSSR count). The number of carboxylic acid groups (broad SMARTS) is 1. The Morgan fingerprint density at radius 1 is 1.09 bits per heavy atom. The Balaban J connectivity index is 1.49. The third-order valence-corrected chi connectivity index (χ3v) is 7.46. The van der Waals surface area contributed by atoms with Gasteiger partial charge >= 0.3 is 11.9 Å². The molecular formula is C27H39NO6. The van der Waals surface area contributed by atoms with Crippen molar-refractivity contribution >= 4 is 17.8 Å². The third-order valence-electron chi connectivity index (χ3n) is 7.46. The Kier molecular flexibility index (Phi) is 9.93. The average Bonchev–Trinajstić information content (AvgIpc) is 3.33. The topological polar surface area (TPSA) is 102 Å². The van der Waals surface area contributed by atoms with Gasteiger partial charge < -0.3 is 19.9 Å². The highest BCUT2D eigenvalue weighted by atomic mass is 16.5. The standard InChI is InChI=1S/C27H39NO6/c1-2-33-17-14-22(24(29)30)18-27(15-6-7-16-27)26(32)28-23-12-10-21(11-13-23)25(31)34-19-20-8-4-3-5-9-20/h3-5,8-9,21-23H,2,6-7,10-19H2,1H3,(H,28,32)(H,29,30)/t21-,22?,23+. The van der Waals surface area contributed by atoms with Crippen LogP contribution in [0.5, 0.6) is 0 Å². The molecule has 2 N–H and O–H groups in total. The van der Waals surface area contributed by atoms with Crippen LogP contribution in [0, 0.1) is 17.3 Å². The smallest absolute Gasteiger partial charge is 0.309 e. The van der Waals surface area contributed by atoms with Gasteiger partial charge in [0.25, 0.3) is 0 Å². The van der Waals surface area contributed by atoms with Crippen molar-refractivity contribution in [3.05, 3.63) is 35.9 Å². The van der Waals surface area contributed by atoms with Crippen molar-refractivity contribution in [1.29, 1.82) is 0 Å². The molecule has 1 aromatic rings. The minimum absolute atomic E-state index is 0.0113. The van der Waals surface area contributed by atoms with Crippen LogP contribution in [0.15, 0.2) is 30.3 Å². The zero-order valence-corrected chi connectivity index (χ0v) is 20.3. The molecule has 0 aromatic heterocycles. The number of rotatable bonds is 12. The molecule has 2 fully saturated rings. The number of aliphatic carboxylic acids is 1. The summed E-state index contributed by atoms with van der Waals surface area (Å²) in [6.45, 7) is 3.13. The Bertz CT molecular complexity index is 797. The number of benzene rings is 1. The van der Waals surface area contributed by atoms with Gasteiger partial charge in [0.05, 0.1) is 17.3 Å². The van der Waals surface area contributed by atoms with E-state index in [-0.39, 0.29) is 30.4 Å². The molecule has 1 amide bonds. The first-order valence-electron chi connectivity index (χ1n) is 12.8. The first-order valence-corrected chi connectivity index (χ1v) is 12.8. The van der Waals surface area contributed by atoms with Crippen LogP contribution in [0.25, 0.3) is 0 Å². The van der Waals surface area contributed by atoms with Gasteiger partial charge in [0, 0.05) is 19.3 Å². The van der Waals surface area contributed by atoms with Crippen LogP contribution in [0.3, 0.4) is 0 Å². The summed E-state index contributed by atoms with van der Waals surface area (Å²) in [5.74, 6) is -1.74. The van der Waals surface area contributed by atoms with Crippen molar-refractivity contribution in [3.63, 3.8) is 0 Å². The van der Waals surface area contributed by atoms with E-state index in [1.54, 1.807) is 0 Å². The Morgan fingerprint density at radius 2 is 1.76 bits per heavy atom. The fourth-order valence-electron chi connectivity index (χ4n) is 5.39. The number of carbonyl (C=O) groups is 3. The molecule has 188 valence electrons. The molecule has 0 bridgehead atoms. The fraction of sp³-hybridized carbons (Fsp3) is 0.667. The number of amides is 1. The Hall–Kier alpha value is -2.41. The van der Waals surface area contributed by atoms with Gasteiger partial charge in [-0.2, -0.15) is 0 Å². The molecule has 0 aliphatic heterocycles. The van der Waals surface area contributed by atoms with Crippen LogP contribution in [0.1, 0.15) is 76.7 Å². The van der Waals surface area contributed by atoms with Crippen molar-refractivity contribution in [3.8, 4) is 0 Å². The summed E-state index contributed by atoms with van der Waals surface area (Å²) in [7, 11) is 0. The highest BCUT2D eigenvalue weighted by Gasteiger charge is 2.44. The van der Waals surface area contributed by atoms with Gasteiger partial charge in [-0.25, -0.2) is 0 Å². The van der Waals surface area contributed by atoms with Gasteiger partial charge in [-0.05, 0) is 63.9 Å². The summed E-state index contributed by atoms with van der Waals surface area (Å²) in [5, 5.41) is 12.9. The van der Waals surface area contributed by atoms with Crippen molar-refractivity contribution in [1.82, 2.24) is 5.32 Å². The molecule has 0 saturated heterocycles. The number of esters is 1. The van der Waals surface area contributed by atoms with Gasteiger partial charge in [0.2, 0.25) is 5.91 Å². The minimum Gasteiger partial charge on any atom is -0.481 e. The van der Waals surface area contributed by atoms with E-state index in [4.69, 9.17) is 9.47 Å². The normalized spacial score (nSPS) is 22.6. The van der Waals surface area contributed by atoms with E-state index in [0.29, 0.717) is 38.9 Å². The zero-order chi connectivity index (χ0) is 24.4. The average molecular weight is 474 g/mol. The van der Waals surface area contributed by atoms with E-state index in [9.17, 15) is 19.5 Å². The summed E-state index contributed by atoms with van der Waals surface area (Å²) in [4.78, 5) is 37.7. The lowest BCUT2D eigenvalue weighted by molar-refractivity contribution is -0.151. The van der Waals surface area contributed by atoms with E-state index >= 15 is 0 Å². The number of ether oxygens (including phenoxy) is 2. The van der Waals surface area contributed by atoms with Crippen molar-refractivity contribution in [2.24, 2.45) is 17.3 Å². The molecule has 34 heavy (non-hydrogen) atoms. The Morgan fingerprint density at radius 3 is 2.38 bits per heavy atom. The highest BCUT2D eigenvalue weighted by Crippen LogP contribution is 2.44. The van der Waals surface area contributed by atoms with Gasteiger partial charge in [-0.15, -0.1) is 0 Å². The summed E-state index contributed by atoms with van der Waals surface area (Å²) < 4.78 is 10.9. The zero-order valence-electron chi connectivity index (χ0n) is 20.3. The highest BCUT2D eigenvalue weighted by molar-refractivity contribution is 5.84.